The van der Waals surface area contributed by atoms with Crippen LogP contribution in [0.5, 0.6) is 0 Å². The molecule has 0 aliphatic carbocycles. The van der Waals surface area contributed by atoms with Crippen molar-refractivity contribution in [3.8, 4) is 0 Å². The Morgan fingerprint density at radius 1 is 1.00 bits per heavy atom. The van der Waals surface area contributed by atoms with E-state index >= 15 is 0 Å². The fraction of sp³-hybridized carbons (Fsp3) is 0.250. The predicted molar refractivity (Wildman–Crippen MR) is 52.8 cm³/mol. The lowest BCUT2D eigenvalue weighted by Crippen LogP contribution is -2.08. The van der Waals surface area contributed by atoms with E-state index in [2.05, 4.69) is 5.32 Å². The van der Waals surface area contributed by atoms with Gasteiger partial charge in [0, 0.05) is 12.7 Å². The third-order valence-corrected chi connectivity index (χ3v) is 2.56. The van der Waals surface area contributed by atoms with Crippen molar-refractivity contribution in [1.29, 1.82) is 0 Å². The van der Waals surface area contributed by atoms with Crippen molar-refractivity contribution >= 4 is 15.9 Å². The summed E-state index contributed by atoms with van der Waals surface area (Å²) in [7, 11) is -7.76. The molecule has 0 aliphatic rings. The highest BCUT2D eigenvalue weighted by Crippen LogP contribution is 2.99. The molecule has 1 aromatic carbocycles. The van der Waals surface area contributed by atoms with Crippen LogP contribution in [0.2, 0.25) is 0 Å². The maximum Gasteiger partial charge on any atom is 0.289 e. The highest BCUT2D eigenvalue weighted by Gasteiger charge is 2.63. The fourth-order valence-corrected chi connectivity index (χ4v) is 1.90. The van der Waals surface area contributed by atoms with Crippen LogP contribution in [0, 0.1) is 0 Å². The zero-order valence-electron chi connectivity index (χ0n) is 7.81. The van der Waals surface area contributed by atoms with Gasteiger partial charge in [-0.05, 0) is 17.7 Å². The summed E-state index contributed by atoms with van der Waals surface area (Å²) in [5, 5.41) is 2.68. The minimum Gasteiger partial charge on any atom is -0.388 e. The molecule has 0 unspecified atom stereocenters. The summed E-state index contributed by atoms with van der Waals surface area (Å²) >= 11 is 0. The Kier molecular flexibility index (Phi) is 2.24. The van der Waals surface area contributed by atoms with E-state index in [0.29, 0.717) is 5.69 Å². The Balaban J connectivity index is 2.93. The number of anilines is 1. The van der Waals surface area contributed by atoms with Crippen molar-refractivity contribution in [3.05, 3.63) is 29.8 Å². The molecule has 0 atom stereocenters. The van der Waals surface area contributed by atoms with Crippen molar-refractivity contribution in [2.75, 3.05) is 12.4 Å². The van der Waals surface area contributed by atoms with Gasteiger partial charge in [0.15, 0.2) is 0 Å². The van der Waals surface area contributed by atoms with Crippen LogP contribution in [0.15, 0.2) is 24.3 Å². The van der Waals surface area contributed by atoms with Crippen molar-refractivity contribution in [2.45, 2.75) is 5.75 Å². The molecule has 15 heavy (non-hydrogen) atoms. The Labute approximate surface area is 84.0 Å². The first-order valence-electron chi connectivity index (χ1n) is 3.99. The molecule has 0 fully saturated rings. The summed E-state index contributed by atoms with van der Waals surface area (Å²) in [5.41, 5.74) is 0.133. The maximum absolute atomic E-state index is 12.1. The highest BCUT2D eigenvalue weighted by atomic mass is 32.5. The summed E-state index contributed by atoms with van der Waals surface area (Å²) in [6.07, 6.45) is 0. The van der Waals surface area contributed by atoms with Crippen LogP contribution in [0.25, 0.3) is 0 Å². The lowest BCUT2D eigenvalue weighted by molar-refractivity contribution is 0.362. The second kappa shape index (κ2) is 2.78. The predicted octanol–water partition coefficient (Wildman–Crippen LogP) is 4.53. The van der Waals surface area contributed by atoms with E-state index < -0.39 is 21.5 Å². The summed E-state index contributed by atoms with van der Waals surface area (Å²) in [6.45, 7) is 0. The average molecular weight is 247 g/mol. The van der Waals surface area contributed by atoms with Crippen LogP contribution in [0.4, 0.5) is 25.1 Å². The molecule has 1 aromatic rings. The van der Waals surface area contributed by atoms with Gasteiger partial charge in [-0.1, -0.05) is 31.6 Å². The molecular formula is C8H10F5NS. The molecule has 0 bridgehead atoms. The average Bonchev–Trinajstić information content (AvgIpc) is 2.00. The lowest BCUT2D eigenvalue weighted by atomic mass is 10.2. The molecule has 0 saturated carbocycles. The van der Waals surface area contributed by atoms with Crippen molar-refractivity contribution in [2.24, 2.45) is 0 Å². The lowest BCUT2D eigenvalue weighted by Gasteiger charge is -2.40. The smallest absolute Gasteiger partial charge is 0.289 e. The van der Waals surface area contributed by atoms with Crippen LogP contribution in [-0.4, -0.2) is 7.05 Å². The van der Waals surface area contributed by atoms with Gasteiger partial charge in [-0.25, -0.2) is 0 Å². The van der Waals surface area contributed by atoms with Crippen molar-refractivity contribution in [3.63, 3.8) is 0 Å². The van der Waals surface area contributed by atoms with Crippen LogP contribution in [0.1, 0.15) is 5.56 Å². The molecule has 1 N–H and O–H groups in total. The molecule has 0 aliphatic heterocycles. The Bertz CT molecular complexity index is 354. The number of rotatable bonds is 3. The zero-order chi connectivity index (χ0) is 11.8. The van der Waals surface area contributed by atoms with Crippen LogP contribution in [0.3, 0.4) is 0 Å². The van der Waals surface area contributed by atoms with E-state index in [0.717, 1.165) is 12.1 Å². The summed E-state index contributed by atoms with van der Waals surface area (Å²) in [6, 6.07) is 4.70. The van der Waals surface area contributed by atoms with Gasteiger partial charge in [0.1, 0.15) is 5.75 Å². The summed E-state index contributed by atoms with van der Waals surface area (Å²) in [5.74, 6) is -2.15. The van der Waals surface area contributed by atoms with Crippen molar-refractivity contribution < 1.29 is 19.4 Å². The summed E-state index contributed by atoms with van der Waals surface area (Å²) < 4.78 is 60.3. The fourth-order valence-electron chi connectivity index (χ4n) is 1.08. The minimum atomic E-state index is -9.34. The molecule has 88 valence electrons. The number of nitrogens with one attached hydrogen (secondary N) is 1. The summed E-state index contributed by atoms with van der Waals surface area (Å²) in [4.78, 5) is 0. The van der Waals surface area contributed by atoms with E-state index in [-0.39, 0.29) is 0 Å². The Morgan fingerprint density at radius 2 is 1.47 bits per heavy atom. The number of hydrogen-bond donors (Lipinski definition) is 1. The number of benzene rings is 1. The SMILES string of the molecule is CNc1ccc(CS(F)(F)(F)(F)F)cc1. The van der Waals surface area contributed by atoms with E-state index in [1.807, 2.05) is 0 Å². The molecular weight excluding hydrogens is 237 g/mol. The monoisotopic (exact) mass is 247 g/mol. The van der Waals surface area contributed by atoms with Gasteiger partial charge in [0.05, 0.1) is 0 Å². The first kappa shape index (κ1) is 12.1. The Hall–Kier alpha value is -0.980. The van der Waals surface area contributed by atoms with E-state index in [4.69, 9.17) is 0 Å². The number of halogens is 5. The van der Waals surface area contributed by atoms with Crippen LogP contribution >= 0.6 is 10.2 Å². The first-order chi connectivity index (χ1) is 6.49. The largest absolute Gasteiger partial charge is 0.388 e. The van der Waals surface area contributed by atoms with Gasteiger partial charge in [-0.15, -0.1) is 0 Å². The second-order valence-electron chi connectivity index (χ2n) is 3.22. The molecule has 1 rings (SSSR count). The van der Waals surface area contributed by atoms with E-state index in [1.165, 1.54) is 12.1 Å². The van der Waals surface area contributed by atoms with Crippen LogP contribution < -0.4 is 5.32 Å². The number of hydrogen-bond acceptors (Lipinski definition) is 1. The third kappa shape index (κ3) is 4.87. The molecule has 0 radical (unpaired) electrons. The molecule has 0 heterocycles. The maximum atomic E-state index is 12.1. The second-order valence-corrected chi connectivity index (χ2v) is 5.77. The van der Waals surface area contributed by atoms with Gasteiger partial charge < -0.3 is 5.32 Å². The standard InChI is InChI=1S/C8H10F5NS/c1-14-8-4-2-7(3-5-8)6-15(9,10,11,12)13/h2-5,14H,6H2,1H3. The Morgan fingerprint density at radius 3 is 1.80 bits per heavy atom. The van der Waals surface area contributed by atoms with Crippen molar-refractivity contribution in [1.82, 2.24) is 0 Å². The zero-order valence-corrected chi connectivity index (χ0v) is 8.63. The van der Waals surface area contributed by atoms with Gasteiger partial charge >= 0.3 is 0 Å². The topological polar surface area (TPSA) is 12.0 Å². The van der Waals surface area contributed by atoms with E-state index in [1.54, 1.807) is 7.05 Å². The van der Waals surface area contributed by atoms with Gasteiger partial charge in [0.2, 0.25) is 0 Å². The van der Waals surface area contributed by atoms with Gasteiger partial charge in [-0.2, -0.15) is 0 Å². The molecule has 0 saturated heterocycles. The van der Waals surface area contributed by atoms with E-state index in [9.17, 15) is 19.4 Å². The third-order valence-electron chi connectivity index (χ3n) is 1.68. The molecule has 0 spiro atoms. The molecule has 1 nitrogen and oxygen atoms in total. The molecule has 0 amide bonds. The van der Waals surface area contributed by atoms with Gasteiger partial charge in [-0.3, -0.25) is 0 Å². The van der Waals surface area contributed by atoms with Crippen LogP contribution in [-0.2, 0) is 5.75 Å². The highest BCUT2D eigenvalue weighted by molar-refractivity contribution is 8.45. The molecule has 0 aromatic heterocycles. The van der Waals surface area contributed by atoms with Gasteiger partial charge in [0.25, 0.3) is 10.2 Å². The first-order valence-corrected chi connectivity index (χ1v) is 6.11. The molecule has 7 heteroatoms. The quantitative estimate of drug-likeness (QED) is 0.774. The minimum absolute atomic E-state index is 0.437. The normalized spacial score (nSPS) is 16.7.